The summed E-state index contributed by atoms with van der Waals surface area (Å²) in [5.41, 5.74) is 0.233. The summed E-state index contributed by atoms with van der Waals surface area (Å²) in [7, 11) is 1.85. The van der Waals surface area contributed by atoms with Crippen LogP contribution in [0.25, 0.3) is 0 Å². The second kappa shape index (κ2) is 7.33. The summed E-state index contributed by atoms with van der Waals surface area (Å²) in [4.78, 5) is 12.9. The molecule has 0 aliphatic carbocycles. The van der Waals surface area contributed by atoms with E-state index in [4.69, 9.17) is 11.6 Å². The number of rotatable bonds is 5. The standard InChI is InChI=1S/C15H14ClF3N2OS/c1-21(7-10-4-5-23-9-10)8-14(22)20-11-2-3-13(16)12(6-11)15(17,18)19/h2-6,9H,7-8H2,1H3,(H,20,22)/p+1. The van der Waals surface area contributed by atoms with E-state index in [1.165, 1.54) is 6.07 Å². The average molecular weight is 364 g/mol. The number of amides is 1. The van der Waals surface area contributed by atoms with Crippen LogP contribution in [0.1, 0.15) is 11.1 Å². The predicted molar refractivity (Wildman–Crippen MR) is 84.9 cm³/mol. The van der Waals surface area contributed by atoms with Gasteiger partial charge < -0.3 is 10.2 Å². The van der Waals surface area contributed by atoms with Crippen molar-refractivity contribution in [1.82, 2.24) is 0 Å². The van der Waals surface area contributed by atoms with Gasteiger partial charge in [-0.3, -0.25) is 4.79 Å². The Kier molecular flexibility index (Phi) is 5.67. The van der Waals surface area contributed by atoms with Gasteiger partial charge in [-0.05, 0) is 35.0 Å². The molecule has 0 aliphatic rings. The molecule has 0 saturated heterocycles. The summed E-state index contributed by atoms with van der Waals surface area (Å²) >= 11 is 7.12. The number of nitrogens with one attached hydrogen (secondary N) is 2. The Bertz CT molecular complexity index is 674. The fraction of sp³-hybridized carbons (Fsp3) is 0.267. The molecule has 124 valence electrons. The van der Waals surface area contributed by atoms with Crippen molar-refractivity contribution in [3.05, 3.63) is 51.2 Å². The van der Waals surface area contributed by atoms with Crippen molar-refractivity contribution >= 4 is 34.5 Å². The number of halogens is 4. The molecule has 0 spiro atoms. The first-order chi connectivity index (χ1) is 10.8. The lowest BCUT2D eigenvalue weighted by Crippen LogP contribution is -3.08. The molecule has 8 heteroatoms. The number of carbonyl (C=O) groups is 1. The molecule has 1 heterocycles. The first-order valence-electron chi connectivity index (χ1n) is 6.74. The molecule has 2 N–H and O–H groups in total. The zero-order valence-electron chi connectivity index (χ0n) is 12.2. The van der Waals surface area contributed by atoms with Crippen molar-refractivity contribution in [1.29, 1.82) is 0 Å². The van der Waals surface area contributed by atoms with Crippen LogP contribution in [0.3, 0.4) is 0 Å². The van der Waals surface area contributed by atoms with E-state index in [-0.39, 0.29) is 18.1 Å². The Morgan fingerprint density at radius 3 is 2.70 bits per heavy atom. The van der Waals surface area contributed by atoms with E-state index < -0.39 is 16.8 Å². The van der Waals surface area contributed by atoms with Crippen molar-refractivity contribution in [3.8, 4) is 0 Å². The second-order valence-corrected chi connectivity index (χ2v) is 6.37. The Morgan fingerprint density at radius 2 is 2.09 bits per heavy atom. The topological polar surface area (TPSA) is 33.5 Å². The molecule has 0 saturated carbocycles. The van der Waals surface area contributed by atoms with Crippen LogP contribution in [-0.4, -0.2) is 19.5 Å². The molecular weight excluding hydrogens is 349 g/mol. The molecule has 0 radical (unpaired) electrons. The van der Waals surface area contributed by atoms with Gasteiger partial charge in [0.2, 0.25) is 0 Å². The number of hydrogen-bond donors (Lipinski definition) is 2. The zero-order chi connectivity index (χ0) is 17.0. The molecular formula is C15H15ClF3N2OS+. The lowest BCUT2D eigenvalue weighted by molar-refractivity contribution is -0.885. The van der Waals surface area contributed by atoms with Crippen molar-refractivity contribution in [2.24, 2.45) is 0 Å². The molecule has 1 amide bonds. The highest BCUT2D eigenvalue weighted by Gasteiger charge is 2.33. The first-order valence-corrected chi connectivity index (χ1v) is 8.07. The molecule has 23 heavy (non-hydrogen) atoms. The van der Waals surface area contributed by atoms with Gasteiger partial charge in [-0.2, -0.15) is 24.5 Å². The lowest BCUT2D eigenvalue weighted by atomic mass is 10.2. The summed E-state index contributed by atoms with van der Waals surface area (Å²) in [5, 5.41) is 6.03. The lowest BCUT2D eigenvalue weighted by Gasteiger charge is -2.14. The summed E-state index contributed by atoms with van der Waals surface area (Å²) in [6, 6.07) is 5.29. The third kappa shape index (κ3) is 5.23. The van der Waals surface area contributed by atoms with Gasteiger partial charge in [0.15, 0.2) is 6.54 Å². The van der Waals surface area contributed by atoms with Crippen LogP contribution in [-0.2, 0) is 17.5 Å². The number of likely N-dealkylation sites (N-methyl/N-ethyl adjacent to an activating group) is 1. The van der Waals surface area contributed by atoms with E-state index >= 15 is 0 Å². The Morgan fingerprint density at radius 1 is 1.35 bits per heavy atom. The normalized spacial score (nSPS) is 12.9. The van der Waals surface area contributed by atoms with Gasteiger partial charge >= 0.3 is 6.18 Å². The molecule has 2 aromatic rings. The summed E-state index contributed by atoms with van der Waals surface area (Å²) in [6.45, 7) is 0.825. The number of alkyl halides is 3. The summed E-state index contributed by atoms with van der Waals surface area (Å²) in [6.07, 6.45) is -4.56. The predicted octanol–water partition coefficient (Wildman–Crippen LogP) is 3.07. The Balaban J connectivity index is 1.97. The van der Waals surface area contributed by atoms with E-state index in [1.54, 1.807) is 11.3 Å². The van der Waals surface area contributed by atoms with Gasteiger partial charge in [0.1, 0.15) is 6.54 Å². The highest BCUT2D eigenvalue weighted by Crippen LogP contribution is 2.36. The number of thiophene rings is 1. The van der Waals surface area contributed by atoms with Crippen molar-refractivity contribution in [3.63, 3.8) is 0 Å². The third-order valence-electron chi connectivity index (χ3n) is 3.10. The average Bonchev–Trinajstić information content (AvgIpc) is 2.92. The monoisotopic (exact) mass is 363 g/mol. The maximum atomic E-state index is 12.8. The number of hydrogen-bond acceptors (Lipinski definition) is 2. The van der Waals surface area contributed by atoms with Crippen LogP contribution in [0.2, 0.25) is 5.02 Å². The minimum absolute atomic E-state index is 0.0788. The van der Waals surface area contributed by atoms with Gasteiger partial charge in [0.25, 0.3) is 5.91 Å². The largest absolute Gasteiger partial charge is 0.417 e. The third-order valence-corrected chi connectivity index (χ3v) is 4.17. The van der Waals surface area contributed by atoms with Crippen molar-refractivity contribution in [2.45, 2.75) is 12.7 Å². The fourth-order valence-corrected chi connectivity index (χ4v) is 3.00. The van der Waals surface area contributed by atoms with Crippen LogP contribution in [0.15, 0.2) is 35.0 Å². The van der Waals surface area contributed by atoms with Gasteiger partial charge in [0, 0.05) is 11.3 Å². The van der Waals surface area contributed by atoms with Gasteiger partial charge in [0.05, 0.1) is 17.6 Å². The molecule has 1 aromatic heterocycles. The van der Waals surface area contributed by atoms with E-state index in [0.717, 1.165) is 22.6 Å². The molecule has 2 rings (SSSR count). The summed E-state index contributed by atoms with van der Waals surface area (Å²) in [5.74, 6) is -0.354. The van der Waals surface area contributed by atoms with Crippen LogP contribution in [0, 0.1) is 0 Å². The quantitative estimate of drug-likeness (QED) is 0.841. The van der Waals surface area contributed by atoms with E-state index in [0.29, 0.717) is 6.54 Å². The molecule has 1 aromatic carbocycles. The molecule has 1 unspecified atom stereocenters. The number of quaternary nitrogens is 1. The van der Waals surface area contributed by atoms with E-state index in [2.05, 4.69) is 5.32 Å². The maximum Gasteiger partial charge on any atom is 0.417 e. The van der Waals surface area contributed by atoms with E-state index in [1.807, 2.05) is 23.9 Å². The van der Waals surface area contributed by atoms with Crippen LogP contribution in [0.5, 0.6) is 0 Å². The highest BCUT2D eigenvalue weighted by molar-refractivity contribution is 7.07. The molecule has 0 bridgehead atoms. The molecule has 0 fully saturated rings. The van der Waals surface area contributed by atoms with Gasteiger partial charge in [-0.25, -0.2) is 0 Å². The number of benzene rings is 1. The fourth-order valence-electron chi connectivity index (χ4n) is 2.10. The highest BCUT2D eigenvalue weighted by atomic mass is 35.5. The zero-order valence-corrected chi connectivity index (χ0v) is 13.8. The van der Waals surface area contributed by atoms with E-state index in [9.17, 15) is 18.0 Å². The van der Waals surface area contributed by atoms with Gasteiger partial charge in [-0.1, -0.05) is 11.6 Å². The van der Waals surface area contributed by atoms with Crippen LogP contribution >= 0.6 is 22.9 Å². The van der Waals surface area contributed by atoms with Crippen molar-refractivity contribution in [2.75, 3.05) is 18.9 Å². The van der Waals surface area contributed by atoms with Crippen LogP contribution < -0.4 is 10.2 Å². The molecule has 1 atom stereocenters. The van der Waals surface area contributed by atoms with Crippen molar-refractivity contribution < 1.29 is 22.9 Å². The number of anilines is 1. The SMILES string of the molecule is C[NH+](CC(=O)Nc1ccc(Cl)c(C(F)(F)F)c1)Cc1ccsc1. The summed E-state index contributed by atoms with van der Waals surface area (Å²) < 4.78 is 38.4. The Labute approximate surface area is 140 Å². The second-order valence-electron chi connectivity index (χ2n) is 5.18. The maximum absolute atomic E-state index is 12.8. The van der Waals surface area contributed by atoms with Crippen LogP contribution in [0.4, 0.5) is 18.9 Å². The molecule has 0 aliphatic heterocycles. The first kappa shape index (κ1) is 17.8. The minimum atomic E-state index is -4.56. The number of carbonyl (C=O) groups excluding carboxylic acids is 1. The molecule has 3 nitrogen and oxygen atoms in total. The van der Waals surface area contributed by atoms with Gasteiger partial charge in [-0.15, -0.1) is 0 Å². The Hall–Kier alpha value is -1.57. The smallest absolute Gasteiger partial charge is 0.326 e. The minimum Gasteiger partial charge on any atom is -0.326 e.